The van der Waals surface area contributed by atoms with E-state index in [1.165, 1.54) is 12.3 Å². The van der Waals surface area contributed by atoms with Crippen LogP contribution in [0.1, 0.15) is 24.2 Å². The van der Waals surface area contributed by atoms with Crippen LogP contribution in [-0.4, -0.2) is 46.3 Å². The molecular weight excluding hydrogens is 272 g/mol. The summed E-state index contributed by atoms with van der Waals surface area (Å²) >= 11 is 7.30. The summed E-state index contributed by atoms with van der Waals surface area (Å²) in [6, 6.07) is 1.53. The monoisotopic (exact) mass is 288 g/mol. The van der Waals surface area contributed by atoms with Gasteiger partial charge in [-0.1, -0.05) is 25.4 Å². The highest BCUT2D eigenvalue weighted by atomic mass is 35.5. The van der Waals surface area contributed by atoms with Crippen molar-refractivity contribution in [2.75, 3.05) is 25.4 Å². The van der Waals surface area contributed by atoms with Gasteiger partial charge in [0.05, 0.1) is 15.6 Å². The molecule has 0 spiro atoms. The third kappa shape index (κ3) is 4.48. The fourth-order valence-corrected chi connectivity index (χ4v) is 2.55. The van der Waals surface area contributed by atoms with Crippen molar-refractivity contribution in [3.8, 4) is 0 Å². The van der Waals surface area contributed by atoms with Crippen LogP contribution in [0.4, 0.5) is 0 Å². The number of rotatable bonds is 7. The smallest absolute Gasteiger partial charge is 0.337 e. The predicted molar refractivity (Wildman–Crippen MR) is 74.7 cm³/mol. The van der Waals surface area contributed by atoms with Gasteiger partial charge < -0.3 is 10.0 Å². The zero-order valence-corrected chi connectivity index (χ0v) is 12.1. The van der Waals surface area contributed by atoms with Crippen LogP contribution in [0.2, 0.25) is 5.02 Å². The van der Waals surface area contributed by atoms with Crippen LogP contribution in [0.25, 0.3) is 0 Å². The predicted octanol–water partition coefficient (Wildman–Crippen LogP) is 2.87. The molecule has 0 saturated carbocycles. The summed E-state index contributed by atoms with van der Waals surface area (Å²) in [6.45, 7) is 7.25. The number of halogens is 1. The Balaban J connectivity index is 2.58. The maximum Gasteiger partial charge on any atom is 0.337 e. The van der Waals surface area contributed by atoms with E-state index in [-0.39, 0.29) is 10.6 Å². The van der Waals surface area contributed by atoms with Crippen molar-refractivity contribution in [2.24, 2.45) is 0 Å². The second-order valence-corrected chi connectivity index (χ2v) is 5.21. The van der Waals surface area contributed by atoms with Crippen LogP contribution in [0.3, 0.4) is 0 Å². The van der Waals surface area contributed by atoms with Gasteiger partial charge in [-0.25, -0.2) is 9.78 Å². The SMILES string of the molecule is CCN(CC)CCSc1cc(C(=O)O)c(Cl)cn1. The molecule has 0 fully saturated rings. The second-order valence-electron chi connectivity index (χ2n) is 3.68. The largest absolute Gasteiger partial charge is 0.478 e. The summed E-state index contributed by atoms with van der Waals surface area (Å²) in [5, 5.41) is 9.82. The Hall–Kier alpha value is -0.780. The normalized spacial score (nSPS) is 10.9. The number of aromatic carboxylic acids is 1. The number of carboxylic acid groups (broad SMARTS) is 1. The first kappa shape index (κ1) is 15.3. The molecule has 0 amide bonds. The van der Waals surface area contributed by atoms with Crippen molar-refractivity contribution in [1.82, 2.24) is 9.88 Å². The molecule has 18 heavy (non-hydrogen) atoms. The first-order chi connectivity index (χ1) is 8.58. The molecule has 4 nitrogen and oxygen atoms in total. The highest BCUT2D eigenvalue weighted by molar-refractivity contribution is 7.99. The number of nitrogens with zero attached hydrogens (tertiary/aromatic N) is 2. The maximum atomic E-state index is 10.9. The number of hydrogen-bond donors (Lipinski definition) is 1. The molecule has 100 valence electrons. The fraction of sp³-hybridized carbons (Fsp3) is 0.500. The van der Waals surface area contributed by atoms with Crippen molar-refractivity contribution in [1.29, 1.82) is 0 Å². The number of thioether (sulfide) groups is 1. The van der Waals surface area contributed by atoms with Gasteiger partial charge in [-0.2, -0.15) is 0 Å². The first-order valence-corrected chi connectivity index (χ1v) is 7.18. The molecule has 1 heterocycles. The van der Waals surface area contributed by atoms with Crippen LogP contribution in [0.5, 0.6) is 0 Å². The lowest BCUT2D eigenvalue weighted by Gasteiger charge is -2.17. The molecule has 0 aliphatic rings. The number of carbonyl (C=O) groups is 1. The molecule has 6 heteroatoms. The minimum Gasteiger partial charge on any atom is -0.478 e. The molecule has 1 rings (SSSR count). The van der Waals surface area contributed by atoms with E-state index in [1.807, 2.05) is 0 Å². The number of aromatic nitrogens is 1. The third-order valence-electron chi connectivity index (χ3n) is 2.61. The molecule has 0 aliphatic carbocycles. The standard InChI is InChI=1S/C12H17ClN2O2S/c1-3-15(4-2)5-6-18-11-7-9(12(16)17)10(13)8-14-11/h7-8H,3-6H2,1-2H3,(H,16,17). The van der Waals surface area contributed by atoms with Gasteiger partial charge >= 0.3 is 5.97 Å². The zero-order valence-electron chi connectivity index (χ0n) is 10.5. The molecule has 0 unspecified atom stereocenters. The van der Waals surface area contributed by atoms with Crippen molar-refractivity contribution in [2.45, 2.75) is 18.9 Å². The summed E-state index contributed by atoms with van der Waals surface area (Å²) in [5.41, 5.74) is 0.108. The van der Waals surface area contributed by atoms with Crippen molar-refractivity contribution < 1.29 is 9.90 Å². The Morgan fingerprint density at radius 2 is 2.17 bits per heavy atom. The summed E-state index contributed by atoms with van der Waals surface area (Å²) in [7, 11) is 0. The van der Waals surface area contributed by atoms with Crippen LogP contribution >= 0.6 is 23.4 Å². The van der Waals surface area contributed by atoms with E-state index in [9.17, 15) is 4.79 Å². The summed E-state index contributed by atoms with van der Waals surface area (Å²) in [5.74, 6) is -0.136. The minimum atomic E-state index is -1.02. The maximum absolute atomic E-state index is 10.9. The summed E-state index contributed by atoms with van der Waals surface area (Å²) < 4.78 is 0. The molecule has 1 aromatic rings. The van der Waals surface area contributed by atoms with Gasteiger partial charge in [-0.3, -0.25) is 0 Å². The molecule has 0 radical (unpaired) electrons. The fourth-order valence-electron chi connectivity index (χ4n) is 1.48. The lowest BCUT2D eigenvalue weighted by atomic mass is 10.3. The van der Waals surface area contributed by atoms with Crippen molar-refractivity contribution in [3.05, 3.63) is 22.8 Å². The van der Waals surface area contributed by atoms with Gasteiger partial charge in [0.15, 0.2) is 0 Å². The molecule has 0 atom stereocenters. The molecular formula is C12H17ClN2O2S. The highest BCUT2D eigenvalue weighted by Crippen LogP contribution is 2.21. The van der Waals surface area contributed by atoms with Crippen LogP contribution < -0.4 is 0 Å². The lowest BCUT2D eigenvalue weighted by molar-refractivity contribution is 0.0696. The molecule has 0 aliphatic heterocycles. The highest BCUT2D eigenvalue weighted by Gasteiger charge is 2.10. The van der Waals surface area contributed by atoms with E-state index < -0.39 is 5.97 Å². The van der Waals surface area contributed by atoms with Crippen LogP contribution in [-0.2, 0) is 0 Å². The quantitative estimate of drug-likeness (QED) is 0.782. The van der Waals surface area contributed by atoms with Gasteiger partial charge in [-0.15, -0.1) is 11.8 Å². The number of carboxylic acids is 1. The topological polar surface area (TPSA) is 53.4 Å². The van der Waals surface area contributed by atoms with Gasteiger partial charge in [0, 0.05) is 18.5 Å². The van der Waals surface area contributed by atoms with E-state index >= 15 is 0 Å². The van der Waals surface area contributed by atoms with Crippen LogP contribution in [0, 0.1) is 0 Å². The van der Waals surface area contributed by atoms with Crippen molar-refractivity contribution >= 4 is 29.3 Å². The number of hydrogen-bond acceptors (Lipinski definition) is 4. The van der Waals surface area contributed by atoms with E-state index in [0.717, 1.165) is 25.4 Å². The van der Waals surface area contributed by atoms with Crippen LogP contribution in [0.15, 0.2) is 17.3 Å². The van der Waals surface area contributed by atoms with E-state index in [1.54, 1.807) is 11.8 Å². The first-order valence-electron chi connectivity index (χ1n) is 5.82. The third-order valence-corrected chi connectivity index (χ3v) is 3.82. The van der Waals surface area contributed by atoms with E-state index in [0.29, 0.717) is 5.03 Å². The molecule has 0 bridgehead atoms. The van der Waals surface area contributed by atoms with Crippen molar-refractivity contribution in [3.63, 3.8) is 0 Å². The average Bonchev–Trinajstić information content (AvgIpc) is 2.36. The molecule has 0 aromatic carbocycles. The van der Waals surface area contributed by atoms with E-state index in [2.05, 4.69) is 23.7 Å². The summed E-state index contributed by atoms with van der Waals surface area (Å²) in [6.07, 6.45) is 1.39. The second kappa shape index (κ2) is 7.61. The van der Waals surface area contributed by atoms with Gasteiger partial charge in [-0.05, 0) is 19.2 Å². The Kier molecular flexibility index (Phi) is 6.46. The molecule has 1 N–H and O–H groups in total. The van der Waals surface area contributed by atoms with E-state index in [4.69, 9.17) is 16.7 Å². The minimum absolute atomic E-state index is 0.108. The van der Waals surface area contributed by atoms with Gasteiger partial charge in [0.1, 0.15) is 0 Å². The Morgan fingerprint density at radius 3 is 2.72 bits per heavy atom. The Morgan fingerprint density at radius 1 is 1.50 bits per heavy atom. The van der Waals surface area contributed by atoms with Gasteiger partial charge in [0.2, 0.25) is 0 Å². The van der Waals surface area contributed by atoms with Gasteiger partial charge in [0.25, 0.3) is 0 Å². The number of pyridine rings is 1. The molecule has 1 aromatic heterocycles. The zero-order chi connectivity index (χ0) is 13.5. The lowest BCUT2D eigenvalue weighted by Crippen LogP contribution is -2.25. The summed E-state index contributed by atoms with van der Waals surface area (Å²) in [4.78, 5) is 17.3. The average molecular weight is 289 g/mol. The Labute approximate surface area is 116 Å². The molecule has 0 saturated heterocycles. The Bertz CT molecular complexity index is 411.